The van der Waals surface area contributed by atoms with Crippen LogP contribution in [0.1, 0.15) is 43.7 Å². The molecule has 0 unspecified atom stereocenters. The van der Waals surface area contributed by atoms with Crippen LogP contribution in [0.25, 0.3) is 0 Å². The number of unbranched alkanes of at least 4 members (excludes halogenated alkanes) is 1. The van der Waals surface area contributed by atoms with Crippen molar-refractivity contribution in [2.75, 3.05) is 19.0 Å². The topological polar surface area (TPSA) is 75.7 Å². The number of nitrogens with zero attached hydrogens (tertiary/aromatic N) is 1. The van der Waals surface area contributed by atoms with Crippen molar-refractivity contribution >= 4 is 21.6 Å². The molecule has 0 bridgehead atoms. The molecule has 1 atom stereocenters. The number of anilines is 1. The van der Waals surface area contributed by atoms with Gasteiger partial charge in [0.05, 0.1) is 12.0 Å². The molecule has 1 aliphatic heterocycles. The molecule has 0 radical (unpaired) electrons. The van der Waals surface area contributed by atoms with Crippen LogP contribution in [0.15, 0.2) is 47.4 Å². The van der Waals surface area contributed by atoms with Gasteiger partial charge in [0, 0.05) is 18.3 Å². The van der Waals surface area contributed by atoms with Crippen LogP contribution in [-0.2, 0) is 21.2 Å². The third-order valence-corrected chi connectivity index (χ3v) is 7.58. The van der Waals surface area contributed by atoms with E-state index in [1.165, 1.54) is 23.0 Å². The summed E-state index contributed by atoms with van der Waals surface area (Å²) in [6.07, 6.45) is 4.43. The Morgan fingerprint density at radius 1 is 1.20 bits per heavy atom. The molecule has 1 aliphatic rings. The van der Waals surface area contributed by atoms with Crippen LogP contribution in [-0.4, -0.2) is 38.3 Å². The molecular formula is C23H30N2O4S. The van der Waals surface area contributed by atoms with Gasteiger partial charge in [-0.15, -0.1) is 0 Å². The van der Waals surface area contributed by atoms with Gasteiger partial charge in [-0.05, 0) is 61.9 Å². The fourth-order valence-corrected chi connectivity index (χ4v) is 5.66. The Balaban J connectivity index is 1.77. The number of sulfonamides is 1. The van der Waals surface area contributed by atoms with Crippen LogP contribution < -0.4 is 10.1 Å². The maximum absolute atomic E-state index is 13.3. The molecule has 0 spiro atoms. The predicted octanol–water partition coefficient (Wildman–Crippen LogP) is 4.14. The Kier molecular flexibility index (Phi) is 7.15. The lowest BCUT2D eigenvalue weighted by Gasteiger charge is -2.24. The monoisotopic (exact) mass is 430 g/mol. The number of amides is 1. The summed E-state index contributed by atoms with van der Waals surface area (Å²) in [5.41, 5.74) is 2.54. The first kappa shape index (κ1) is 22.3. The van der Waals surface area contributed by atoms with Gasteiger partial charge in [0.15, 0.2) is 0 Å². The van der Waals surface area contributed by atoms with Crippen molar-refractivity contribution in [3.05, 3.63) is 53.6 Å². The van der Waals surface area contributed by atoms with Crippen LogP contribution in [0.5, 0.6) is 5.75 Å². The summed E-state index contributed by atoms with van der Waals surface area (Å²) in [4.78, 5) is 13.1. The van der Waals surface area contributed by atoms with E-state index >= 15 is 0 Å². The molecule has 6 nitrogen and oxygen atoms in total. The molecule has 1 fully saturated rings. The van der Waals surface area contributed by atoms with Gasteiger partial charge in [0.1, 0.15) is 11.8 Å². The maximum atomic E-state index is 13.3. The lowest BCUT2D eigenvalue weighted by molar-refractivity contribution is -0.119. The van der Waals surface area contributed by atoms with E-state index in [4.69, 9.17) is 4.74 Å². The minimum atomic E-state index is -3.81. The predicted molar refractivity (Wildman–Crippen MR) is 118 cm³/mol. The van der Waals surface area contributed by atoms with Crippen LogP contribution in [0.2, 0.25) is 0 Å². The highest BCUT2D eigenvalue weighted by molar-refractivity contribution is 7.89. The minimum absolute atomic E-state index is 0.182. The molecule has 1 heterocycles. The lowest BCUT2D eigenvalue weighted by atomic mass is 10.1. The zero-order valence-corrected chi connectivity index (χ0v) is 18.7. The maximum Gasteiger partial charge on any atom is 0.244 e. The summed E-state index contributed by atoms with van der Waals surface area (Å²) >= 11 is 0. The minimum Gasteiger partial charge on any atom is -0.497 e. The molecular weight excluding hydrogens is 400 g/mol. The average Bonchev–Trinajstić information content (AvgIpc) is 3.24. The van der Waals surface area contributed by atoms with E-state index in [0.717, 1.165) is 19.3 Å². The Bertz CT molecular complexity index is 987. The first-order valence-electron chi connectivity index (χ1n) is 10.4. The fourth-order valence-electron chi connectivity index (χ4n) is 3.76. The third kappa shape index (κ3) is 4.84. The summed E-state index contributed by atoms with van der Waals surface area (Å²) in [5.74, 6) is 0.181. The quantitative estimate of drug-likeness (QED) is 0.683. The van der Waals surface area contributed by atoms with Gasteiger partial charge in [-0.25, -0.2) is 8.42 Å². The van der Waals surface area contributed by atoms with Gasteiger partial charge in [-0.3, -0.25) is 4.79 Å². The van der Waals surface area contributed by atoms with E-state index in [1.807, 2.05) is 24.3 Å². The molecule has 2 aromatic carbocycles. The highest BCUT2D eigenvalue weighted by Gasteiger charge is 2.40. The zero-order chi connectivity index (χ0) is 21.7. The van der Waals surface area contributed by atoms with Crippen molar-refractivity contribution in [2.45, 2.75) is 56.9 Å². The molecule has 0 aromatic heterocycles. The number of hydrogen-bond donors (Lipinski definition) is 1. The van der Waals surface area contributed by atoms with Crippen molar-refractivity contribution in [3.8, 4) is 5.75 Å². The van der Waals surface area contributed by atoms with Crippen molar-refractivity contribution in [1.29, 1.82) is 0 Å². The van der Waals surface area contributed by atoms with Crippen LogP contribution in [0.4, 0.5) is 5.69 Å². The standard InChI is InChI=1S/C23H30N2O4S/c1-4-5-7-18-10-12-19(13-11-18)24-23(26)21-8-6-15-25(21)30(27,28)22-16-20(29-3)14-9-17(22)2/h9-14,16,21H,4-8,15H2,1-3H3,(H,24,26)/t21-/m0/s1. The van der Waals surface area contributed by atoms with Crippen molar-refractivity contribution in [1.82, 2.24) is 4.31 Å². The van der Waals surface area contributed by atoms with Gasteiger partial charge < -0.3 is 10.1 Å². The van der Waals surface area contributed by atoms with Crippen molar-refractivity contribution in [3.63, 3.8) is 0 Å². The Morgan fingerprint density at radius 2 is 1.93 bits per heavy atom. The largest absolute Gasteiger partial charge is 0.497 e. The van der Waals surface area contributed by atoms with E-state index in [0.29, 0.717) is 36.4 Å². The van der Waals surface area contributed by atoms with Gasteiger partial charge in [-0.1, -0.05) is 31.5 Å². The smallest absolute Gasteiger partial charge is 0.244 e. The molecule has 0 saturated carbocycles. The molecule has 1 saturated heterocycles. The third-order valence-electron chi connectivity index (χ3n) is 5.53. The number of aryl methyl sites for hydroxylation is 2. The Labute approximate surface area is 179 Å². The molecule has 2 aromatic rings. The second kappa shape index (κ2) is 9.62. The number of hydrogen-bond acceptors (Lipinski definition) is 4. The first-order valence-corrected chi connectivity index (χ1v) is 11.9. The van der Waals surface area contributed by atoms with Crippen molar-refractivity contribution in [2.24, 2.45) is 0 Å². The van der Waals surface area contributed by atoms with Gasteiger partial charge in [0.25, 0.3) is 0 Å². The molecule has 0 aliphatic carbocycles. The summed E-state index contributed by atoms with van der Waals surface area (Å²) in [7, 11) is -2.31. The molecule has 1 amide bonds. The molecule has 3 rings (SSSR count). The van der Waals surface area contributed by atoms with E-state index in [1.54, 1.807) is 19.1 Å². The van der Waals surface area contributed by atoms with Crippen LogP contribution in [0, 0.1) is 6.92 Å². The van der Waals surface area contributed by atoms with Crippen molar-refractivity contribution < 1.29 is 17.9 Å². The molecule has 162 valence electrons. The number of carbonyl (C=O) groups excluding carboxylic acids is 1. The highest BCUT2D eigenvalue weighted by Crippen LogP contribution is 2.30. The Hall–Kier alpha value is -2.38. The number of methoxy groups -OCH3 is 1. The average molecular weight is 431 g/mol. The van der Waals surface area contributed by atoms with Gasteiger partial charge >= 0.3 is 0 Å². The second-order valence-corrected chi connectivity index (χ2v) is 9.55. The van der Waals surface area contributed by atoms with Crippen LogP contribution >= 0.6 is 0 Å². The van der Waals surface area contributed by atoms with Gasteiger partial charge in [-0.2, -0.15) is 4.31 Å². The fraction of sp³-hybridized carbons (Fsp3) is 0.435. The zero-order valence-electron chi connectivity index (χ0n) is 17.8. The summed E-state index contributed by atoms with van der Waals surface area (Å²) in [6.45, 7) is 4.23. The first-order chi connectivity index (χ1) is 14.4. The Morgan fingerprint density at radius 3 is 2.60 bits per heavy atom. The number of nitrogens with one attached hydrogen (secondary N) is 1. The number of carbonyl (C=O) groups is 1. The normalized spacial score (nSPS) is 17.1. The SMILES string of the molecule is CCCCc1ccc(NC(=O)[C@@H]2CCCN2S(=O)(=O)c2cc(OC)ccc2C)cc1. The summed E-state index contributed by atoms with van der Waals surface area (Å²) in [6, 6.07) is 12.0. The summed E-state index contributed by atoms with van der Waals surface area (Å²) < 4.78 is 33.2. The van der Waals surface area contributed by atoms with Gasteiger partial charge in [0.2, 0.25) is 15.9 Å². The number of ether oxygens (including phenoxy) is 1. The second-order valence-electron chi connectivity index (χ2n) is 7.69. The molecule has 1 N–H and O–H groups in total. The lowest BCUT2D eigenvalue weighted by Crippen LogP contribution is -2.43. The molecule has 7 heteroatoms. The van der Waals surface area contributed by atoms with Crippen LogP contribution in [0.3, 0.4) is 0 Å². The molecule has 30 heavy (non-hydrogen) atoms. The van der Waals surface area contributed by atoms with E-state index in [-0.39, 0.29) is 10.8 Å². The van der Waals surface area contributed by atoms with E-state index < -0.39 is 16.1 Å². The van der Waals surface area contributed by atoms with E-state index in [2.05, 4.69) is 12.2 Å². The summed E-state index contributed by atoms with van der Waals surface area (Å²) in [5, 5.41) is 2.89. The highest BCUT2D eigenvalue weighted by atomic mass is 32.2. The number of rotatable bonds is 8. The number of benzene rings is 2. The van der Waals surface area contributed by atoms with E-state index in [9.17, 15) is 13.2 Å².